The van der Waals surface area contributed by atoms with Gasteiger partial charge in [0.1, 0.15) is 5.82 Å². The minimum atomic E-state index is -1.17. The van der Waals surface area contributed by atoms with Gasteiger partial charge >= 0.3 is 0 Å². The second-order valence-electron chi connectivity index (χ2n) is 4.36. The molecule has 1 saturated carbocycles. The number of nitrogens with two attached hydrogens (primary N) is 1. The van der Waals surface area contributed by atoms with Gasteiger partial charge in [-0.15, -0.1) is 0 Å². The topological polar surface area (TPSA) is 26.0 Å². The SMILES string of the molecule is NC(c1cc(F)c(F)cc1F)C1CCCC1. The monoisotopic (exact) mass is 229 g/mol. The van der Waals surface area contributed by atoms with Gasteiger partial charge in [0.05, 0.1) is 0 Å². The first-order chi connectivity index (χ1) is 7.59. The van der Waals surface area contributed by atoms with Crippen LogP contribution in [-0.4, -0.2) is 0 Å². The van der Waals surface area contributed by atoms with Crippen LogP contribution in [0.3, 0.4) is 0 Å². The molecule has 0 spiro atoms. The van der Waals surface area contributed by atoms with E-state index in [0.29, 0.717) is 6.07 Å². The van der Waals surface area contributed by atoms with Gasteiger partial charge in [0.25, 0.3) is 0 Å². The lowest BCUT2D eigenvalue weighted by Crippen LogP contribution is -2.20. The Morgan fingerprint density at radius 2 is 1.56 bits per heavy atom. The Balaban J connectivity index is 2.28. The van der Waals surface area contributed by atoms with E-state index in [9.17, 15) is 13.2 Å². The minimum Gasteiger partial charge on any atom is -0.324 e. The molecule has 0 heterocycles. The van der Waals surface area contributed by atoms with Crippen molar-refractivity contribution >= 4 is 0 Å². The van der Waals surface area contributed by atoms with Crippen molar-refractivity contribution in [1.29, 1.82) is 0 Å². The molecule has 1 aliphatic carbocycles. The molecule has 2 rings (SSSR count). The summed E-state index contributed by atoms with van der Waals surface area (Å²) in [6.07, 6.45) is 4.01. The molecule has 16 heavy (non-hydrogen) atoms. The van der Waals surface area contributed by atoms with Gasteiger partial charge in [0.15, 0.2) is 11.6 Å². The van der Waals surface area contributed by atoms with Gasteiger partial charge in [-0.05, 0) is 24.8 Å². The third-order valence-electron chi connectivity index (χ3n) is 3.31. The van der Waals surface area contributed by atoms with E-state index in [1.807, 2.05) is 0 Å². The Kier molecular flexibility index (Phi) is 3.19. The van der Waals surface area contributed by atoms with Crippen molar-refractivity contribution in [1.82, 2.24) is 0 Å². The summed E-state index contributed by atoms with van der Waals surface area (Å²) in [6.45, 7) is 0. The summed E-state index contributed by atoms with van der Waals surface area (Å²) in [4.78, 5) is 0. The van der Waals surface area contributed by atoms with E-state index < -0.39 is 23.5 Å². The van der Waals surface area contributed by atoms with Crippen molar-refractivity contribution in [2.75, 3.05) is 0 Å². The molecule has 1 fully saturated rings. The molecule has 88 valence electrons. The zero-order valence-electron chi connectivity index (χ0n) is 8.85. The summed E-state index contributed by atoms with van der Waals surface area (Å²) in [7, 11) is 0. The van der Waals surface area contributed by atoms with E-state index >= 15 is 0 Å². The van der Waals surface area contributed by atoms with Crippen molar-refractivity contribution < 1.29 is 13.2 Å². The highest BCUT2D eigenvalue weighted by atomic mass is 19.2. The number of benzene rings is 1. The largest absolute Gasteiger partial charge is 0.324 e. The molecule has 1 atom stereocenters. The third kappa shape index (κ3) is 2.07. The maximum absolute atomic E-state index is 13.4. The molecular weight excluding hydrogens is 215 g/mol. The van der Waals surface area contributed by atoms with E-state index in [1.165, 1.54) is 0 Å². The predicted octanol–water partition coefficient (Wildman–Crippen LogP) is 3.29. The summed E-state index contributed by atoms with van der Waals surface area (Å²) < 4.78 is 39.2. The Bertz CT molecular complexity index is 386. The molecule has 2 N–H and O–H groups in total. The van der Waals surface area contributed by atoms with Crippen LogP contribution in [0.2, 0.25) is 0 Å². The zero-order chi connectivity index (χ0) is 11.7. The summed E-state index contributed by atoms with van der Waals surface area (Å²) in [5, 5.41) is 0. The lowest BCUT2D eigenvalue weighted by molar-refractivity contribution is 0.419. The van der Waals surface area contributed by atoms with Gasteiger partial charge in [-0.3, -0.25) is 0 Å². The number of halogens is 3. The van der Waals surface area contributed by atoms with Crippen molar-refractivity contribution in [3.05, 3.63) is 35.1 Å². The number of hydrogen-bond donors (Lipinski definition) is 1. The van der Waals surface area contributed by atoms with Gasteiger partial charge in [-0.2, -0.15) is 0 Å². The lowest BCUT2D eigenvalue weighted by Gasteiger charge is -2.19. The molecule has 0 saturated heterocycles. The van der Waals surface area contributed by atoms with Crippen LogP contribution >= 0.6 is 0 Å². The highest BCUT2D eigenvalue weighted by Gasteiger charge is 2.26. The summed E-state index contributed by atoms with van der Waals surface area (Å²) in [5.74, 6) is -2.78. The Morgan fingerprint density at radius 1 is 1.00 bits per heavy atom. The molecule has 0 amide bonds. The minimum absolute atomic E-state index is 0.0887. The molecule has 0 aliphatic heterocycles. The fourth-order valence-corrected chi connectivity index (χ4v) is 2.36. The van der Waals surface area contributed by atoms with Crippen LogP contribution in [0.15, 0.2) is 12.1 Å². The standard InChI is InChI=1S/C12H14F3N/c13-9-6-11(15)10(14)5-8(9)12(16)7-3-1-2-4-7/h5-7,12H,1-4,16H2. The maximum atomic E-state index is 13.4. The van der Waals surface area contributed by atoms with Gasteiger partial charge in [0, 0.05) is 17.7 Å². The molecular formula is C12H14F3N. The average molecular weight is 229 g/mol. The summed E-state index contributed by atoms with van der Waals surface area (Å²) in [6, 6.07) is 0.922. The quantitative estimate of drug-likeness (QED) is 0.774. The average Bonchev–Trinajstić information content (AvgIpc) is 2.75. The highest BCUT2D eigenvalue weighted by Crippen LogP contribution is 2.35. The van der Waals surface area contributed by atoms with E-state index in [2.05, 4.69) is 0 Å². The third-order valence-corrected chi connectivity index (χ3v) is 3.31. The first-order valence-electron chi connectivity index (χ1n) is 5.49. The van der Waals surface area contributed by atoms with Crippen molar-refractivity contribution in [2.45, 2.75) is 31.7 Å². The van der Waals surface area contributed by atoms with Gasteiger partial charge < -0.3 is 5.73 Å². The van der Waals surface area contributed by atoms with Crippen molar-refractivity contribution in [3.63, 3.8) is 0 Å². The molecule has 0 aromatic heterocycles. The summed E-state index contributed by atoms with van der Waals surface area (Å²) >= 11 is 0. The Morgan fingerprint density at radius 3 is 2.19 bits per heavy atom. The second kappa shape index (κ2) is 4.45. The first kappa shape index (κ1) is 11.5. The Labute approximate surface area is 92.5 Å². The van der Waals surface area contributed by atoms with Crippen LogP contribution in [0.4, 0.5) is 13.2 Å². The van der Waals surface area contributed by atoms with E-state index in [1.54, 1.807) is 0 Å². The van der Waals surface area contributed by atoms with Crippen molar-refractivity contribution in [2.24, 2.45) is 11.7 Å². The highest BCUT2D eigenvalue weighted by molar-refractivity contribution is 5.24. The normalized spacial score (nSPS) is 19.0. The van der Waals surface area contributed by atoms with Gasteiger partial charge in [-0.1, -0.05) is 12.8 Å². The smallest absolute Gasteiger partial charge is 0.161 e. The fraction of sp³-hybridized carbons (Fsp3) is 0.500. The van der Waals surface area contributed by atoms with Crippen LogP contribution in [0.25, 0.3) is 0 Å². The van der Waals surface area contributed by atoms with Crippen molar-refractivity contribution in [3.8, 4) is 0 Å². The summed E-state index contributed by atoms with van der Waals surface area (Å²) in [5.41, 5.74) is 5.98. The molecule has 4 heteroatoms. The van der Waals surface area contributed by atoms with E-state index in [-0.39, 0.29) is 11.5 Å². The molecule has 0 bridgehead atoms. The van der Waals surface area contributed by atoms with Crippen LogP contribution in [0, 0.1) is 23.4 Å². The molecule has 0 radical (unpaired) electrons. The molecule has 1 nitrogen and oxygen atoms in total. The van der Waals surface area contributed by atoms with Gasteiger partial charge in [0.2, 0.25) is 0 Å². The Hall–Kier alpha value is -1.03. The van der Waals surface area contributed by atoms with Crippen LogP contribution in [0.1, 0.15) is 37.3 Å². The predicted molar refractivity (Wildman–Crippen MR) is 55.2 cm³/mol. The molecule has 1 aromatic rings. The lowest BCUT2D eigenvalue weighted by atomic mass is 9.92. The van der Waals surface area contributed by atoms with Gasteiger partial charge in [-0.25, -0.2) is 13.2 Å². The number of rotatable bonds is 2. The number of hydrogen-bond acceptors (Lipinski definition) is 1. The first-order valence-corrected chi connectivity index (χ1v) is 5.49. The van der Waals surface area contributed by atoms with E-state index in [0.717, 1.165) is 31.7 Å². The zero-order valence-corrected chi connectivity index (χ0v) is 8.85. The maximum Gasteiger partial charge on any atom is 0.161 e. The van der Waals surface area contributed by atoms with Crippen LogP contribution in [-0.2, 0) is 0 Å². The fourth-order valence-electron chi connectivity index (χ4n) is 2.36. The van der Waals surface area contributed by atoms with Crippen LogP contribution < -0.4 is 5.73 Å². The second-order valence-corrected chi connectivity index (χ2v) is 4.36. The molecule has 1 aliphatic rings. The van der Waals surface area contributed by atoms with Crippen LogP contribution in [0.5, 0.6) is 0 Å². The van der Waals surface area contributed by atoms with E-state index in [4.69, 9.17) is 5.73 Å². The molecule has 1 aromatic carbocycles. The molecule has 1 unspecified atom stereocenters.